The van der Waals surface area contributed by atoms with Crippen LogP contribution in [-0.4, -0.2) is 17.1 Å². The molecule has 0 bridgehead atoms. The molecule has 0 amide bonds. The minimum absolute atomic E-state index is 0.301. The van der Waals surface area contributed by atoms with E-state index >= 15 is 0 Å². The van der Waals surface area contributed by atoms with Crippen LogP contribution in [0.5, 0.6) is 0 Å². The van der Waals surface area contributed by atoms with Crippen LogP contribution in [0.2, 0.25) is 5.02 Å². The molecule has 1 atom stereocenters. The number of aryl methyl sites for hydroxylation is 1. The summed E-state index contributed by atoms with van der Waals surface area (Å²) in [6.45, 7) is 1.91. The molecule has 2 rings (SSSR count). The summed E-state index contributed by atoms with van der Waals surface area (Å²) >= 11 is 6.08. The molecule has 4 heteroatoms. The lowest BCUT2D eigenvalue weighted by molar-refractivity contribution is -0.140. The topological polar surface area (TPSA) is 49.3 Å². The summed E-state index contributed by atoms with van der Waals surface area (Å²) in [5.41, 5.74) is 1.70. The van der Waals surface area contributed by atoms with Crippen molar-refractivity contribution < 1.29 is 9.90 Å². The van der Waals surface area contributed by atoms with Crippen LogP contribution in [0.15, 0.2) is 18.2 Å². The minimum Gasteiger partial charge on any atom is -0.480 e. The van der Waals surface area contributed by atoms with Gasteiger partial charge in [0.1, 0.15) is 6.04 Å². The molecule has 0 saturated heterocycles. The Morgan fingerprint density at radius 3 is 2.63 bits per heavy atom. The molecule has 1 aliphatic rings. The van der Waals surface area contributed by atoms with Crippen molar-refractivity contribution in [1.29, 1.82) is 0 Å². The summed E-state index contributed by atoms with van der Waals surface area (Å²) in [5, 5.41) is 13.3. The Labute approximate surface area is 119 Å². The first kappa shape index (κ1) is 14.4. The van der Waals surface area contributed by atoms with E-state index < -0.39 is 12.0 Å². The number of carboxylic acid groups (broad SMARTS) is 1. The Bertz CT molecular complexity index is 455. The average Bonchev–Trinajstić information content (AvgIpc) is 2.40. The molecule has 1 aliphatic carbocycles. The highest BCUT2D eigenvalue weighted by Gasteiger charge is 2.24. The maximum Gasteiger partial charge on any atom is 0.325 e. The third-order valence-electron chi connectivity index (χ3n) is 3.78. The van der Waals surface area contributed by atoms with E-state index in [1.54, 1.807) is 6.07 Å². The van der Waals surface area contributed by atoms with Crippen molar-refractivity contribution in [3.05, 3.63) is 34.3 Å². The van der Waals surface area contributed by atoms with Crippen molar-refractivity contribution in [2.45, 2.75) is 51.1 Å². The van der Waals surface area contributed by atoms with Crippen LogP contribution in [-0.2, 0) is 4.79 Å². The lowest BCUT2D eigenvalue weighted by Crippen LogP contribution is -2.38. The molecule has 1 saturated carbocycles. The molecule has 1 aromatic carbocycles. The third-order valence-corrected chi connectivity index (χ3v) is 4.19. The fourth-order valence-electron chi connectivity index (χ4n) is 2.60. The van der Waals surface area contributed by atoms with Crippen molar-refractivity contribution in [2.24, 2.45) is 0 Å². The number of nitrogens with one attached hydrogen (secondary N) is 1. The highest BCUT2D eigenvalue weighted by atomic mass is 35.5. The molecule has 2 N–H and O–H groups in total. The van der Waals surface area contributed by atoms with Crippen molar-refractivity contribution >= 4 is 17.6 Å². The quantitative estimate of drug-likeness (QED) is 0.885. The van der Waals surface area contributed by atoms with Gasteiger partial charge in [0.2, 0.25) is 0 Å². The van der Waals surface area contributed by atoms with E-state index in [2.05, 4.69) is 5.32 Å². The Balaban J connectivity index is 2.14. The summed E-state index contributed by atoms with van der Waals surface area (Å²) in [6, 6.07) is 5.11. The summed E-state index contributed by atoms with van der Waals surface area (Å²) in [6.07, 6.45) is 5.73. The zero-order valence-corrected chi connectivity index (χ0v) is 11.9. The van der Waals surface area contributed by atoms with Gasteiger partial charge in [0.05, 0.1) is 0 Å². The van der Waals surface area contributed by atoms with Gasteiger partial charge in [0.15, 0.2) is 0 Å². The average molecular weight is 282 g/mol. The van der Waals surface area contributed by atoms with Gasteiger partial charge in [-0.1, -0.05) is 43.0 Å². The monoisotopic (exact) mass is 281 g/mol. The Kier molecular flexibility index (Phi) is 4.83. The second kappa shape index (κ2) is 6.40. The molecule has 1 unspecified atom stereocenters. The molecule has 0 spiro atoms. The van der Waals surface area contributed by atoms with Crippen LogP contribution in [0.4, 0.5) is 0 Å². The predicted octanol–water partition coefficient (Wildman–Crippen LogP) is 3.70. The van der Waals surface area contributed by atoms with E-state index in [1.807, 2.05) is 19.1 Å². The van der Waals surface area contributed by atoms with Crippen molar-refractivity contribution in [3.63, 3.8) is 0 Å². The SMILES string of the molecule is Cc1ccc(C(NC2CCCCC2)C(=O)O)cc1Cl. The van der Waals surface area contributed by atoms with Crippen LogP contribution in [0, 0.1) is 6.92 Å². The number of hydrogen-bond acceptors (Lipinski definition) is 2. The molecule has 19 heavy (non-hydrogen) atoms. The first-order valence-corrected chi connectivity index (χ1v) is 7.20. The Morgan fingerprint density at radius 2 is 2.05 bits per heavy atom. The molecule has 1 aromatic rings. The second-order valence-corrected chi connectivity index (χ2v) is 5.69. The zero-order chi connectivity index (χ0) is 13.8. The lowest BCUT2D eigenvalue weighted by Gasteiger charge is -2.26. The number of hydrogen-bond donors (Lipinski definition) is 2. The predicted molar refractivity (Wildman–Crippen MR) is 76.6 cm³/mol. The van der Waals surface area contributed by atoms with Crippen molar-refractivity contribution in [1.82, 2.24) is 5.32 Å². The molecule has 3 nitrogen and oxygen atoms in total. The van der Waals surface area contributed by atoms with E-state index in [9.17, 15) is 9.90 Å². The summed E-state index contributed by atoms with van der Waals surface area (Å²) in [7, 11) is 0. The highest BCUT2D eigenvalue weighted by molar-refractivity contribution is 6.31. The molecule has 1 fully saturated rings. The second-order valence-electron chi connectivity index (χ2n) is 5.28. The number of rotatable bonds is 4. The fourth-order valence-corrected chi connectivity index (χ4v) is 2.79. The highest BCUT2D eigenvalue weighted by Crippen LogP contribution is 2.25. The van der Waals surface area contributed by atoms with Crippen LogP contribution < -0.4 is 5.32 Å². The summed E-state index contributed by atoms with van der Waals surface area (Å²) in [5.74, 6) is -0.842. The molecular weight excluding hydrogens is 262 g/mol. The molecule has 0 aliphatic heterocycles. The standard InChI is InChI=1S/C15H20ClNO2/c1-10-7-8-11(9-13(10)16)14(15(18)19)17-12-5-3-2-4-6-12/h7-9,12,14,17H,2-6H2,1H3,(H,18,19). The van der Waals surface area contributed by atoms with E-state index in [0.29, 0.717) is 11.1 Å². The van der Waals surface area contributed by atoms with Crippen molar-refractivity contribution in [2.75, 3.05) is 0 Å². The molecule has 104 valence electrons. The Morgan fingerprint density at radius 1 is 1.37 bits per heavy atom. The van der Waals surface area contributed by atoms with Gasteiger partial charge >= 0.3 is 5.97 Å². The number of aliphatic carboxylic acids is 1. The normalized spacial score (nSPS) is 18.2. The zero-order valence-electron chi connectivity index (χ0n) is 11.2. The Hall–Kier alpha value is -1.06. The summed E-state index contributed by atoms with van der Waals surface area (Å²) in [4.78, 5) is 11.5. The van der Waals surface area contributed by atoms with Gasteiger partial charge in [-0.05, 0) is 37.0 Å². The first-order chi connectivity index (χ1) is 9.08. The van der Waals surface area contributed by atoms with E-state index in [4.69, 9.17) is 11.6 Å². The smallest absolute Gasteiger partial charge is 0.325 e. The minimum atomic E-state index is -0.842. The summed E-state index contributed by atoms with van der Waals surface area (Å²) < 4.78 is 0. The van der Waals surface area contributed by atoms with Crippen LogP contribution in [0.25, 0.3) is 0 Å². The number of halogens is 1. The van der Waals surface area contributed by atoms with Gasteiger partial charge in [0.25, 0.3) is 0 Å². The number of benzene rings is 1. The van der Waals surface area contributed by atoms with Crippen LogP contribution >= 0.6 is 11.6 Å². The number of carboxylic acids is 1. The van der Waals surface area contributed by atoms with Gasteiger partial charge in [-0.3, -0.25) is 10.1 Å². The van der Waals surface area contributed by atoms with Crippen molar-refractivity contribution in [3.8, 4) is 0 Å². The third kappa shape index (κ3) is 3.71. The fraction of sp³-hybridized carbons (Fsp3) is 0.533. The van der Waals surface area contributed by atoms with Gasteiger partial charge in [-0.25, -0.2) is 0 Å². The number of carbonyl (C=O) groups is 1. The maximum atomic E-state index is 11.5. The van der Waals surface area contributed by atoms with E-state index in [1.165, 1.54) is 19.3 Å². The van der Waals surface area contributed by atoms with Crippen LogP contribution in [0.3, 0.4) is 0 Å². The van der Waals surface area contributed by atoms with E-state index in [-0.39, 0.29) is 0 Å². The van der Waals surface area contributed by atoms with E-state index in [0.717, 1.165) is 24.0 Å². The van der Waals surface area contributed by atoms with Gasteiger partial charge in [-0.2, -0.15) is 0 Å². The van der Waals surface area contributed by atoms with Gasteiger partial charge in [0, 0.05) is 11.1 Å². The molecule has 0 radical (unpaired) electrons. The van der Waals surface area contributed by atoms with Crippen LogP contribution in [0.1, 0.15) is 49.3 Å². The van der Waals surface area contributed by atoms with Gasteiger partial charge in [-0.15, -0.1) is 0 Å². The maximum absolute atomic E-state index is 11.5. The molecule has 0 aromatic heterocycles. The molecule has 0 heterocycles. The largest absolute Gasteiger partial charge is 0.480 e. The lowest BCUT2D eigenvalue weighted by atomic mass is 9.94. The first-order valence-electron chi connectivity index (χ1n) is 6.83. The van der Waals surface area contributed by atoms with Gasteiger partial charge < -0.3 is 5.11 Å². The molecular formula is C15H20ClNO2.